The minimum absolute atomic E-state index is 1.18. The summed E-state index contributed by atoms with van der Waals surface area (Å²) < 4.78 is 0. The molecule has 1 aliphatic rings. The van der Waals surface area contributed by atoms with Crippen LogP contribution in [0.3, 0.4) is 0 Å². The summed E-state index contributed by atoms with van der Waals surface area (Å²) in [6.45, 7) is 4.38. The summed E-state index contributed by atoms with van der Waals surface area (Å²) in [5.74, 6) is 0. The first-order valence-corrected chi connectivity index (χ1v) is 3.41. The van der Waals surface area contributed by atoms with E-state index in [-0.39, 0.29) is 0 Å². The van der Waals surface area contributed by atoms with Crippen molar-refractivity contribution < 1.29 is 0 Å². The molecule has 1 heterocycles. The lowest BCUT2D eigenvalue weighted by atomic mass is 10.3. The highest BCUT2D eigenvalue weighted by atomic mass is 31.1. The molecule has 0 N–H and O–H groups in total. The minimum atomic E-state index is 1.18. The van der Waals surface area contributed by atoms with Gasteiger partial charge in [0.15, 0.2) is 0 Å². The first kappa shape index (κ1) is 4.33. The van der Waals surface area contributed by atoms with Gasteiger partial charge in [-0.25, -0.2) is 0 Å². The molecule has 0 amide bonds. The summed E-state index contributed by atoms with van der Waals surface area (Å²) in [6.07, 6.45) is 1.41. The number of allylic oxidation sites excluding steroid dienone is 2. The third kappa shape index (κ3) is 0.815. The molecule has 6 heavy (non-hydrogen) atoms. The molecular weight excluding hydrogens is 91.0 g/mol. The topological polar surface area (TPSA) is 0 Å². The zero-order chi connectivity index (χ0) is 4.57. The Morgan fingerprint density at radius 1 is 1.67 bits per heavy atom. The summed E-state index contributed by atoms with van der Waals surface area (Å²) in [5.41, 5.74) is 1.55. The zero-order valence-corrected chi connectivity index (χ0v) is 5.21. The molecule has 1 aliphatic heterocycles. The lowest BCUT2D eigenvalue weighted by Gasteiger charge is -1.75. The second-order valence-electron chi connectivity index (χ2n) is 1.83. The maximum atomic E-state index is 2.19. The summed E-state index contributed by atoms with van der Waals surface area (Å²) in [7, 11) is 1.18. The quantitative estimate of drug-likeness (QED) is 0.408. The van der Waals surface area contributed by atoms with E-state index in [1.54, 1.807) is 10.9 Å². The van der Waals surface area contributed by atoms with Crippen LogP contribution in [0.5, 0.6) is 0 Å². The van der Waals surface area contributed by atoms with Gasteiger partial charge < -0.3 is 0 Å². The maximum absolute atomic E-state index is 2.19. The van der Waals surface area contributed by atoms with Gasteiger partial charge in [0, 0.05) is 0 Å². The average molecular weight is 100 g/mol. The zero-order valence-electron chi connectivity index (χ0n) is 4.21. The van der Waals surface area contributed by atoms with Gasteiger partial charge in [-0.3, -0.25) is 0 Å². The maximum Gasteiger partial charge on any atom is -0.00619 e. The smallest absolute Gasteiger partial charge is 0.00619 e. The fraction of sp³-hybridized carbons (Fsp3) is 0.600. The van der Waals surface area contributed by atoms with Gasteiger partial charge in [0.1, 0.15) is 0 Å². The highest BCUT2D eigenvalue weighted by Crippen LogP contribution is 2.45. The second-order valence-corrected chi connectivity index (χ2v) is 3.14. The van der Waals surface area contributed by atoms with Crippen LogP contribution in [0.25, 0.3) is 0 Å². The van der Waals surface area contributed by atoms with Crippen molar-refractivity contribution in [3.63, 3.8) is 0 Å². The Morgan fingerprint density at radius 3 is 2.17 bits per heavy atom. The van der Waals surface area contributed by atoms with Crippen molar-refractivity contribution in [2.45, 2.75) is 13.8 Å². The van der Waals surface area contributed by atoms with Gasteiger partial charge >= 0.3 is 0 Å². The van der Waals surface area contributed by atoms with Gasteiger partial charge in [0.05, 0.1) is 0 Å². The average Bonchev–Trinajstić information content (AvgIpc) is 2.06. The van der Waals surface area contributed by atoms with E-state index in [1.165, 1.54) is 14.7 Å². The number of rotatable bonds is 0. The lowest BCUT2D eigenvalue weighted by Crippen LogP contribution is -1.56. The summed E-state index contributed by atoms with van der Waals surface area (Å²) >= 11 is 0. The molecule has 0 saturated carbocycles. The van der Waals surface area contributed by atoms with Crippen LogP contribution in [0.2, 0.25) is 0 Å². The van der Waals surface area contributed by atoms with Crippen LogP contribution >= 0.6 is 8.58 Å². The molecule has 1 atom stereocenters. The Hall–Kier alpha value is 0.170. The van der Waals surface area contributed by atoms with Crippen LogP contribution in [-0.2, 0) is 0 Å². The minimum Gasteiger partial charge on any atom is -0.0900 e. The molecule has 1 unspecified atom stereocenters. The van der Waals surface area contributed by atoms with Gasteiger partial charge in [-0.2, -0.15) is 0 Å². The van der Waals surface area contributed by atoms with Crippen molar-refractivity contribution in [1.29, 1.82) is 0 Å². The standard InChI is InChI=1S/C5H9P/c1-4(2)5-3-6-5/h6H,3H2,1-2H3. The van der Waals surface area contributed by atoms with E-state index in [1.807, 2.05) is 0 Å². The molecule has 1 saturated heterocycles. The van der Waals surface area contributed by atoms with Crippen LogP contribution in [0.15, 0.2) is 10.9 Å². The van der Waals surface area contributed by atoms with Crippen molar-refractivity contribution in [1.82, 2.24) is 0 Å². The SMILES string of the molecule is CC(C)=C1CP1. The molecule has 0 radical (unpaired) electrons. The van der Waals surface area contributed by atoms with Crippen molar-refractivity contribution >= 4 is 8.58 Å². The van der Waals surface area contributed by atoms with E-state index < -0.39 is 0 Å². The molecule has 0 spiro atoms. The molecule has 0 nitrogen and oxygen atoms in total. The summed E-state index contributed by atoms with van der Waals surface area (Å²) in [5, 5.41) is 1.70. The monoisotopic (exact) mass is 100 g/mol. The summed E-state index contributed by atoms with van der Waals surface area (Å²) in [4.78, 5) is 0. The number of hydrogen-bond acceptors (Lipinski definition) is 0. The highest BCUT2D eigenvalue weighted by Gasteiger charge is 2.10. The molecule has 1 rings (SSSR count). The predicted molar refractivity (Wildman–Crippen MR) is 31.6 cm³/mol. The van der Waals surface area contributed by atoms with E-state index in [4.69, 9.17) is 0 Å². The van der Waals surface area contributed by atoms with Crippen LogP contribution < -0.4 is 0 Å². The first-order chi connectivity index (χ1) is 2.80. The van der Waals surface area contributed by atoms with E-state index in [0.29, 0.717) is 0 Å². The molecule has 0 bridgehead atoms. The second kappa shape index (κ2) is 1.35. The van der Waals surface area contributed by atoms with E-state index >= 15 is 0 Å². The number of hydrogen-bond donors (Lipinski definition) is 0. The molecule has 0 aromatic heterocycles. The largest absolute Gasteiger partial charge is 0.0900 e. The lowest BCUT2D eigenvalue weighted by molar-refractivity contribution is 1.38. The molecule has 1 fully saturated rings. The molecule has 0 aliphatic carbocycles. The Morgan fingerprint density at radius 2 is 2.17 bits per heavy atom. The van der Waals surface area contributed by atoms with Gasteiger partial charge in [-0.1, -0.05) is 14.2 Å². The molecular formula is C5H9P. The molecule has 0 aromatic rings. The van der Waals surface area contributed by atoms with Gasteiger partial charge in [0.25, 0.3) is 0 Å². The normalized spacial score (nSPS) is 22.0. The van der Waals surface area contributed by atoms with E-state index in [9.17, 15) is 0 Å². The first-order valence-electron chi connectivity index (χ1n) is 2.21. The van der Waals surface area contributed by atoms with Crippen LogP contribution in [0, 0.1) is 0 Å². The van der Waals surface area contributed by atoms with E-state index in [2.05, 4.69) is 13.8 Å². The van der Waals surface area contributed by atoms with Crippen molar-refractivity contribution in [3.8, 4) is 0 Å². The van der Waals surface area contributed by atoms with Crippen LogP contribution in [0.4, 0.5) is 0 Å². The summed E-state index contributed by atoms with van der Waals surface area (Å²) in [6, 6.07) is 0. The molecule has 1 heteroatoms. The van der Waals surface area contributed by atoms with Crippen molar-refractivity contribution in [2.75, 3.05) is 6.16 Å². The fourth-order valence-corrected chi connectivity index (χ4v) is 1.19. The fourth-order valence-electron chi connectivity index (χ4n) is 0.398. The Labute approximate surface area is 40.4 Å². The van der Waals surface area contributed by atoms with E-state index in [0.717, 1.165) is 0 Å². The molecule has 0 aromatic carbocycles. The Kier molecular flexibility index (Phi) is 0.972. The van der Waals surface area contributed by atoms with Gasteiger partial charge in [0.2, 0.25) is 0 Å². The van der Waals surface area contributed by atoms with Gasteiger partial charge in [-0.15, -0.1) is 0 Å². The van der Waals surface area contributed by atoms with Crippen LogP contribution in [0.1, 0.15) is 13.8 Å². The van der Waals surface area contributed by atoms with Crippen molar-refractivity contribution in [2.24, 2.45) is 0 Å². The van der Waals surface area contributed by atoms with Crippen molar-refractivity contribution in [3.05, 3.63) is 10.9 Å². The third-order valence-electron chi connectivity index (χ3n) is 0.957. The Balaban J connectivity index is 2.61. The highest BCUT2D eigenvalue weighted by molar-refractivity contribution is 7.53. The third-order valence-corrected chi connectivity index (χ3v) is 2.16. The Bertz CT molecular complexity index is 82.1. The predicted octanol–water partition coefficient (Wildman–Crippen LogP) is 1.97. The van der Waals surface area contributed by atoms with Crippen LogP contribution in [-0.4, -0.2) is 6.16 Å². The van der Waals surface area contributed by atoms with Gasteiger partial charge in [-0.05, 0) is 25.3 Å². The molecule has 34 valence electrons.